The molecule has 0 spiro atoms. The average molecular weight is 224 g/mol. The van der Waals surface area contributed by atoms with Crippen LogP contribution >= 0.6 is 0 Å². The van der Waals surface area contributed by atoms with Crippen molar-refractivity contribution in [3.8, 4) is 11.5 Å². The van der Waals surface area contributed by atoms with E-state index in [-0.39, 0.29) is 12.2 Å². The van der Waals surface area contributed by atoms with Crippen LogP contribution in [0.15, 0.2) is 12.1 Å². The second-order valence-corrected chi connectivity index (χ2v) is 3.18. The molecule has 0 fully saturated rings. The number of aryl methyl sites for hydroxylation is 1. The highest BCUT2D eigenvalue weighted by Gasteiger charge is 2.23. The monoisotopic (exact) mass is 224 g/mol. The van der Waals surface area contributed by atoms with E-state index in [1.807, 2.05) is 0 Å². The second-order valence-electron chi connectivity index (χ2n) is 3.18. The average Bonchev–Trinajstić information content (AvgIpc) is 2.26. The molecule has 0 aliphatic rings. The number of ketones is 1. The fourth-order valence-electron chi connectivity index (χ4n) is 1.17. The van der Waals surface area contributed by atoms with Gasteiger partial charge in [0.1, 0.15) is 0 Å². The molecule has 0 aliphatic heterocycles. The summed E-state index contributed by atoms with van der Waals surface area (Å²) in [5.41, 5.74) is 0.152. The normalized spacial score (nSPS) is 9.88. The van der Waals surface area contributed by atoms with Crippen molar-refractivity contribution in [2.24, 2.45) is 0 Å². The van der Waals surface area contributed by atoms with Gasteiger partial charge in [0.25, 0.3) is 5.78 Å². The van der Waals surface area contributed by atoms with Crippen LogP contribution in [0.5, 0.6) is 11.5 Å². The fourth-order valence-corrected chi connectivity index (χ4v) is 1.17. The molecule has 0 saturated heterocycles. The van der Waals surface area contributed by atoms with Crippen LogP contribution in [0.3, 0.4) is 0 Å². The highest BCUT2D eigenvalue weighted by atomic mass is 16.5. The summed E-state index contributed by atoms with van der Waals surface area (Å²) in [5, 5.41) is 18.9. The summed E-state index contributed by atoms with van der Waals surface area (Å²) in [6.07, 6.45) is 0. The van der Waals surface area contributed by atoms with Gasteiger partial charge < -0.3 is 14.9 Å². The van der Waals surface area contributed by atoms with Gasteiger partial charge >= 0.3 is 5.97 Å². The minimum absolute atomic E-state index is 0.0726. The zero-order valence-corrected chi connectivity index (χ0v) is 8.98. The Morgan fingerprint density at radius 3 is 2.44 bits per heavy atom. The van der Waals surface area contributed by atoms with Crippen molar-refractivity contribution in [3.63, 3.8) is 0 Å². The molecule has 0 unspecified atom stereocenters. The number of hydrogen-bond donors (Lipinski definition) is 2. The first kappa shape index (κ1) is 12.0. The van der Waals surface area contributed by atoms with E-state index < -0.39 is 23.3 Å². The maximum absolute atomic E-state index is 11.5. The molecule has 0 amide bonds. The Hall–Kier alpha value is -2.04. The molecule has 2 N–H and O–H groups in total. The summed E-state index contributed by atoms with van der Waals surface area (Å²) in [7, 11) is 0. The van der Waals surface area contributed by atoms with E-state index in [9.17, 15) is 19.8 Å². The van der Waals surface area contributed by atoms with Crippen LogP contribution in [0.2, 0.25) is 0 Å². The highest BCUT2D eigenvalue weighted by Crippen LogP contribution is 2.32. The van der Waals surface area contributed by atoms with Gasteiger partial charge in [-0.3, -0.25) is 4.79 Å². The first-order chi connectivity index (χ1) is 7.49. The van der Waals surface area contributed by atoms with E-state index in [0.29, 0.717) is 5.56 Å². The SMILES string of the molecule is CCOC(=O)C(=O)c1ccc(C)c(O)c1O. The highest BCUT2D eigenvalue weighted by molar-refractivity contribution is 6.41. The van der Waals surface area contributed by atoms with E-state index in [1.165, 1.54) is 12.1 Å². The van der Waals surface area contributed by atoms with E-state index in [2.05, 4.69) is 4.74 Å². The van der Waals surface area contributed by atoms with Crippen molar-refractivity contribution in [1.29, 1.82) is 0 Å². The summed E-state index contributed by atoms with van der Waals surface area (Å²) in [6.45, 7) is 3.20. The van der Waals surface area contributed by atoms with Crippen LogP contribution in [0.1, 0.15) is 22.8 Å². The number of phenolic OH excluding ortho intramolecular Hbond substituents is 2. The van der Waals surface area contributed by atoms with Gasteiger partial charge in [-0.25, -0.2) is 4.79 Å². The van der Waals surface area contributed by atoms with Crippen molar-refractivity contribution in [2.45, 2.75) is 13.8 Å². The number of carbonyl (C=O) groups is 2. The lowest BCUT2D eigenvalue weighted by Gasteiger charge is -2.06. The number of rotatable bonds is 3. The molecule has 1 rings (SSSR count). The van der Waals surface area contributed by atoms with Gasteiger partial charge in [-0.05, 0) is 25.5 Å². The Kier molecular flexibility index (Phi) is 3.50. The number of hydrogen-bond acceptors (Lipinski definition) is 5. The van der Waals surface area contributed by atoms with Crippen LogP contribution in [-0.4, -0.2) is 28.6 Å². The lowest BCUT2D eigenvalue weighted by atomic mass is 10.1. The molecule has 0 radical (unpaired) electrons. The third-order valence-electron chi connectivity index (χ3n) is 2.06. The maximum Gasteiger partial charge on any atom is 0.379 e. The molecule has 16 heavy (non-hydrogen) atoms. The molecule has 0 heterocycles. The molecule has 0 aliphatic carbocycles. The number of benzene rings is 1. The lowest BCUT2D eigenvalue weighted by molar-refractivity contribution is -0.137. The molecule has 0 atom stereocenters. The Labute approximate surface area is 92.3 Å². The van der Waals surface area contributed by atoms with Crippen LogP contribution < -0.4 is 0 Å². The number of aromatic hydroxyl groups is 2. The molecule has 0 bridgehead atoms. The lowest BCUT2D eigenvalue weighted by Crippen LogP contribution is -2.17. The van der Waals surface area contributed by atoms with Gasteiger partial charge in [-0.1, -0.05) is 6.07 Å². The van der Waals surface area contributed by atoms with Gasteiger partial charge in [-0.15, -0.1) is 0 Å². The minimum atomic E-state index is -1.05. The molecular formula is C11H12O5. The standard InChI is InChI=1S/C11H12O5/c1-3-16-11(15)10(14)7-5-4-6(2)8(12)9(7)13/h4-5,12-13H,3H2,1-2H3. The van der Waals surface area contributed by atoms with E-state index >= 15 is 0 Å². The third-order valence-corrected chi connectivity index (χ3v) is 2.06. The summed E-state index contributed by atoms with van der Waals surface area (Å²) in [5.74, 6) is -3.04. The van der Waals surface area contributed by atoms with Crippen molar-refractivity contribution in [1.82, 2.24) is 0 Å². The third kappa shape index (κ3) is 2.13. The smallest absolute Gasteiger partial charge is 0.379 e. The molecule has 5 nitrogen and oxygen atoms in total. The zero-order valence-electron chi connectivity index (χ0n) is 8.98. The van der Waals surface area contributed by atoms with E-state index in [4.69, 9.17) is 0 Å². The summed E-state index contributed by atoms with van der Waals surface area (Å²) in [6, 6.07) is 2.70. The van der Waals surface area contributed by atoms with Crippen molar-refractivity contribution in [3.05, 3.63) is 23.3 Å². The number of Topliss-reactive ketones (excluding diaryl/α,β-unsaturated/α-hetero) is 1. The molecular weight excluding hydrogens is 212 g/mol. The van der Waals surface area contributed by atoms with Crippen molar-refractivity contribution < 1.29 is 24.5 Å². The second kappa shape index (κ2) is 4.65. The summed E-state index contributed by atoms with van der Waals surface area (Å²) < 4.78 is 4.50. The quantitative estimate of drug-likeness (QED) is 0.348. The number of carbonyl (C=O) groups excluding carboxylic acids is 2. The molecule has 86 valence electrons. The molecule has 0 saturated carbocycles. The van der Waals surface area contributed by atoms with Crippen molar-refractivity contribution in [2.75, 3.05) is 6.61 Å². The zero-order chi connectivity index (χ0) is 12.3. The maximum atomic E-state index is 11.5. The first-order valence-electron chi connectivity index (χ1n) is 4.72. The van der Waals surface area contributed by atoms with Gasteiger partial charge in [-0.2, -0.15) is 0 Å². The molecule has 1 aromatic carbocycles. The number of phenols is 2. The van der Waals surface area contributed by atoms with Crippen LogP contribution in [0.25, 0.3) is 0 Å². The Bertz CT molecular complexity index is 436. The first-order valence-corrected chi connectivity index (χ1v) is 4.72. The van der Waals surface area contributed by atoms with Gasteiger partial charge in [0.15, 0.2) is 11.5 Å². The van der Waals surface area contributed by atoms with Crippen LogP contribution in [0.4, 0.5) is 0 Å². The van der Waals surface area contributed by atoms with Gasteiger partial charge in [0, 0.05) is 0 Å². The van der Waals surface area contributed by atoms with Gasteiger partial charge in [0.2, 0.25) is 0 Å². The Balaban J connectivity index is 3.10. The number of esters is 1. The topological polar surface area (TPSA) is 83.8 Å². The van der Waals surface area contributed by atoms with E-state index in [1.54, 1.807) is 13.8 Å². The Morgan fingerprint density at radius 2 is 1.88 bits per heavy atom. The fraction of sp³-hybridized carbons (Fsp3) is 0.273. The van der Waals surface area contributed by atoms with Crippen LogP contribution in [-0.2, 0) is 9.53 Å². The molecule has 5 heteroatoms. The largest absolute Gasteiger partial charge is 0.504 e. The number of ether oxygens (including phenoxy) is 1. The Morgan fingerprint density at radius 1 is 1.25 bits per heavy atom. The molecule has 0 aromatic heterocycles. The minimum Gasteiger partial charge on any atom is -0.504 e. The van der Waals surface area contributed by atoms with Crippen molar-refractivity contribution >= 4 is 11.8 Å². The van der Waals surface area contributed by atoms with Gasteiger partial charge in [0.05, 0.1) is 12.2 Å². The van der Waals surface area contributed by atoms with E-state index in [0.717, 1.165) is 0 Å². The predicted octanol–water partition coefficient (Wildman–Crippen LogP) is 1.15. The van der Waals surface area contributed by atoms with Crippen LogP contribution in [0, 0.1) is 6.92 Å². The predicted molar refractivity (Wildman–Crippen MR) is 55.5 cm³/mol. The summed E-state index contributed by atoms with van der Waals surface area (Å²) in [4.78, 5) is 22.6. The molecule has 1 aromatic rings. The summed E-state index contributed by atoms with van der Waals surface area (Å²) >= 11 is 0.